The number of hydrogen-bond donors (Lipinski definition) is 3. The molecule has 26 heavy (non-hydrogen) atoms. The van der Waals surface area contributed by atoms with Crippen molar-refractivity contribution in [1.29, 1.82) is 0 Å². The van der Waals surface area contributed by atoms with Crippen molar-refractivity contribution >= 4 is 34.1 Å². The van der Waals surface area contributed by atoms with Gasteiger partial charge in [-0.25, -0.2) is 9.78 Å². The van der Waals surface area contributed by atoms with Gasteiger partial charge in [0.05, 0.1) is 12.1 Å². The quantitative estimate of drug-likeness (QED) is 0.742. The number of hydrogen-bond acceptors (Lipinski definition) is 4. The number of aromatic nitrogens is 1. The Hall–Kier alpha value is -2.41. The zero-order valence-corrected chi connectivity index (χ0v) is 15.9. The van der Waals surface area contributed by atoms with Gasteiger partial charge in [0.2, 0.25) is 5.91 Å². The van der Waals surface area contributed by atoms with Crippen LogP contribution < -0.4 is 16.0 Å². The highest BCUT2D eigenvalue weighted by Crippen LogP contribution is 2.20. The first-order chi connectivity index (χ1) is 12.5. The normalized spacial score (nSPS) is 14.2. The van der Waals surface area contributed by atoms with Gasteiger partial charge in [0.1, 0.15) is 0 Å². The number of rotatable bonds is 5. The molecule has 3 amide bonds. The lowest BCUT2D eigenvalue weighted by Gasteiger charge is -2.11. The second kappa shape index (κ2) is 8.31. The van der Waals surface area contributed by atoms with Crippen LogP contribution in [0.3, 0.4) is 0 Å². The highest BCUT2D eigenvalue weighted by Gasteiger charge is 2.18. The zero-order valence-electron chi connectivity index (χ0n) is 15.1. The Balaban J connectivity index is 1.50. The van der Waals surface area contributed by atoms with Gasteiger partial charge >= 0.3 is 6.03 Å². The summed E-state index contributed by atoms with van der Waals surface area (Å²) in [5, 5.41) is 10.9. The largest absolute Gasteiger partial charge is 0.335 e. The van der Waals surface area contributed by atoms with Gasteiger partial charge in [-0.1, -0.05) is 30.5 Å². The molecule has 3 N–H and O–H groups in total. The van der Waals surface area contributed by atoms with E-state index in [1.807, 2.05) is 32.0 Å². The molecule has 6 nitrogen and oxygen atoms in total. The topological polar surface area (TPSA) is 83.1 Å². The SMILES string of the molecule is Cc1ccc(NC(=O)Cc2csc(NC(=O)NC3CCCC3)n2)c(C)c1. The Labute approximate surface area is 157 Å². The van der Waals surface area contributed by atoms with E-state index in [4.69, 9.17) is 0 Å². The van der Waals surface area contributed by atoms with Crippen LogP contribution in [-0.4, -0.2) is 23.0 Å². The summed E-state index contributed by atoms with van der Waals surface area (Å²) in [4.78, 5) is 28.5. The number of benzene rings is 1. The van der Waals surface area contributed by atoms with Gasteiger partial charge in [-0.2, -0.15) is 0 Å². The fraction of sp³-hybridized carbons (Fsp3) is 0.421. The maximum atomic E-state index is 12.2. The summed E-state index contributed by atoms with van der Waals surface area (Å²) in [5.41, 5.74) is 3.65. The zero-order chi connectivity index (χ0) is 18.5. The number of urea groups is 1. The summed E-state index contributed by atoms with van der Waals surface area (Å²) < 4.78 is 0. The Morgan fingerprint density at radius 2 is 1.96 bits per heavy atom. The van der Waals surface area contributed by atoms with Crippen molar-refractivity contribution in [3.05, 3.63) is 40.4 Å². The Morgan fingerprint density at radius 3 is 2.69 bits per heavy atom. The molecule has 2 aromatic rings. The standard InChI is InChI=1S/C19H24N4O2S/c1-12-7-8-16(13(2)9-12)22-17(24)10-15-11-26-19(21-15)23-18(25)20-14-5-3-4-6-14/h7-9,11,14H,3-6,10H2,1-2H3,(H,22,24)(H2,20,21,23,25). The predicted octanol–water partition coefficient (Wildman–Crippen LogP) is 4.01. The van der Waals surface area contributed by atoms with Gasteiger partial charge in [-0.3, -0.25) is 10.1 Å². The molecule has 0 aliphatic heterocycles. The summed E-state index contributed by atoms with van der Waals surface area (Å²) in [5.74, 6) is -0.121. The number of amides is 3. The molecular formula is C19H24N4O2S. The third-order valence-electron chi connectivity index (χ3n) is 4.46. The maximum Gasteiger partial charge on any atom is 0.321 e. The molecule has 1 aromatic heterocycles. The Kier molecular flexibility index (Phi) is 5.88. The Bertz CT molecular complexity index is 797. The molecule has 1 heterocycles. The van der Waals surface area contributed by atoms with Crippen LogP contribution in [0.5, 0.6) is 0 Å². The van der Waals surface area contributed by atoms with E-state index >= 15 is 0 Å². The van der Waals surface area contributed by atoms with Crippen LogP contribution in [0.15, 0.2) is 23.6 Å². The van der Waals surface area contributed by atoms with Crippen LogP contribution in [0.25, 0.3) is 0 Å². The molecule has 0 bridgehead atoms. The van der Waals surface area contributed by atoms with Gasteiger partial charge in [0.15, 0.2) is 5.13 Å². The second-order valence-corrected chi connectivity index (χ2v) is 7.63. The molecular weight excluding hydrogens is 348 g/mol. The van der Waals surface area contributed by atoms with Crippen molar-refractivity contribution in [3.8, 4) is 0 Å². The molecule has 0 spiro atoms. The van der Waals surface area contributed by atoms with E-state index in [0.717, 1.165) is 29.7 Å². The van der Waals surface area contributed by atoms with Crippen molar-refractivity contribution in [2.45, 2.75) is 52.0 Å². The van der Waals surface area contributed by atoms with Crippen LogP contribution >= 0.6 is 11.3 Å². The fourth-order valence-electron chi connectivity index (χ4n) is 3.15. The van der Waals surface area contributed by atoms with E-state index in [1.165, 1.54) is 24.2 Å². The average Bonchev–Trinajstić information content (AvgIpc) is 3.22. The lowest BCUT2D eigenvalue weighted by molar-refractivity contribution is -0.115. The average molecular weight is 372 g/mol. The molecule has 0 radical (unpaired) electrons. The van der Waals surface area contributed by atoms with Crippen LogP contribution in [0.2, 0.25) is 0 Å². The lowest BCUT2D eigenvalue weighted by atomic mass is 10.1. The summed E-state index contributed by atoms with van der Waals surface area (Å²) in [6, 6.07) is 5.94. The van der Waals surface area contributed by atoms with Gasteiger partial charge in [0, 0.05) is 17.1 Å². The van der Waals surface area contributed by atoms with Gasteiger partial charge in [-0.05, 0) is 38.3 Å². The Morgan fingerprint density at radius 1 is 1.19 bits per heavy atom. The van der Waals surface area contributed by atoms with Crippen molar-refractivity contribution in [2.24, 2.45) is 0 Å². The fourth-order valence-corrected chi connectivity index (χ4v) is 3.85. The van der Waals surface area contributed by atoms with E-state index in [-0.39, 0.29) is 24.4 Å². The van der Waals surface area contributed by atoms with Gasteiger partial charge < -0.3 is 10.6 Å². The first-order valence-electron chi connectivity index (χ1n) is 8.88. The van der Waals surface area contributed by atoms with E-state index in [2.05, 4.69) is 20.9 Å². The number of aryl methyl sites for hydroxylation is 2. The minimum Gasteiger partial charge on any atom is -0.335 e. The number of carbonyl (C=O) groups excluding carboxylic acids is 2. The molecule has 138 valence electrons. The van der Waals surface area contributed by atoms with Crippen LogP contribution in [-0.2, 0) is 11.2 Å². The molecule has 0 saturated heterocycles. The van der Waals surface area contributed by atoms with E-state index in [0.29, 0.717) is 10.8 Å². The lowest BCUT2D eigenvalue weighted by Crippen LogP contribution is -2.36. The highest BCUT2D eigenvalue weighted by molar-refractivity contribution is 7.13. The van der Waals surface area contributed by atoms with Crippen LogP contribution in [0.1, 0.15) is 42.5 Å². The van der Waals surface area contributed by atoms with Crippen molar-refractivity contribution in [2.75, 3.05) is 10.6 Å². The van der Waals surface area contributed by atoms with Gasteiger partial charge in [0.25, 0.3) is 0 Å². The smallest absolute Gasteiger partial charge is 0.321 e. The first kappa shape index (κ1) is 18.4. The third kappa shape index (κ3) is 5.05. The number of nitrogens with zero attached hydrogens (tertiary/aromatic N) is 1. The molecule has 0 unspecified atom stereocenters. The van der Waals surface area contributed by atoms with Crippen molar-refractivity contribution in [3.63, 3.8) is 0 Å². The molecule has 1 saturated carbocycles. The third-order valence-corrected chi connectivity index (χ3v) is 5.27. The van der Waals surface area contributed by atoms with E-state index in [1.54, 1.807) is 5.38 Å². The number of anilines is 2. The van der Waals surface area contributed by atoms with E-state index < -0.39 is 0 Å². The van der Waals surface area contributed by atoms with Crippen molar-refractivity contribution < 1.29 is 9.59 Å². The number of nitrogens with one attached hydrogen (secondary N) is 3. The summed E-state index contributed by atoms with van der Waals surface area (Å²) >= 11 is 1.33. The van der Waals surface area contributed by atoms with Crippen LogP contribution in [0, 0.1) is 13.8 Å². The molecule has 1 fully saturated rings. The summed E-state index contributed by atoms with van der Waals surface area (Å²) in [6.07, 6.45) is 4.59. The summed E-state index contributed by atoms with van der Waals surface area (Å²) in [7, 11) is 0. The second-order valence-electron chi connectivity index (χ2n) is 6.77. The highest BCUT2D eigenvalue weighted by atomic mass is 32.1. The van der Waals surface area contributed by atoms with E-state index in [9.17, 15) is 9.59 Å². The minimum atomic E-state index is -0.225. The minimum absolute atomic E-state index is 0.121. The van der Waals surface area contributed by atoms with Crippen LogP contribution in [0.4, 0.5) is 15.6 Å². The molecule has 1 aliphatic rings. The summed E-state index contributed by atoms with van der Waals surface area (Å²) in [6.45, 7) is 3.99. The van der Waals surface area contributed by atoms with Gasteiger partial charge in [-0.15, -0.1) is 11.3 Å². The number of thiazole rings is 1. The first-order valence-corrected chi connectivity index (χ1v) is 9.76. The number of carbonyl (C=O) groups is 2. The molecule has 3 rings (SSSR count). The molecule has 7 heteroatoms. The monoisotopic (exact) mass is 372 g/mol. The van der Waals surface area contributed by atoms with Crippen molar-refractivity contribution in [1.82, 2.24) is 10.3 Å². The predicted molar refractivity (Wildman–Crippen MR) is 105 cm³/mol. The maximum absolute atomic E-state index is 12.2. The molecule has 1 aromatic carbocycles. The molecule has 1 aliphatic carbocycles. The molecule has 0 atom stereocenters.